The lowest BCUT2D eigenvalue weighted by Crippen LogP contribution is -2.35. The number of carbonyl (C=O) groups is 2. The van der Waals surface area contributed by atoms with Crippen molar-refractivity contribution in [3.8, 4) is 0 Å². The number of carbonyl (C=O) groups excluding carboxylic acids is 2. The highest BCUT2D eigenvalue weighted by Crippen LogP contribution is 2.35. The topological polar surface area (TPSA) is 71.1 Å². The summed E-state index contributed by atoms with van der Waals surface area (Å²) in [4.78, 5) is 27.3. The van der Waals surface area contributed by atoms with Crippen LogP contribution < -0.4 is 10.6 Å². The zero-order valence-corrected chi connectivity index (χ0v) is 13.4. The van der Waals surface area contributed by atoms with Crippen LogP contribution in [0.2, 0.25) is 0 Å². The van der Waals surface area contributed by atoms with Crippen LogP contribution in [-0.2, 0) is 0 Å². The molecule has 2 atom stereocenters. The summed E-state index contributed by atoms with van der Waals surface area (Å²) in [5, 5.41) is 4.47. The van der Waals surface area contributed by atoms with E-state index in [2.05, 4.69) is 15.6 Å². The number of nitrogens with one attached hydrogen (secondary N) is 2. The van der Waals surface area contributed by atoms with Crippen molar-refractivity contribution in [1.29, 1.82) is 0 Å². The lowest BCUT2D eigenvalue weighted by Gasteiger charge is -2.23. The second-order valence-electron chi connectivity index (χ2n) is 5.31. The number of alkyl halides is 2. The van der Waals surface area contributed by atoms with Crippen molar-refractivity contribution in [2.24, 2.45) is 0 Å². The van der Waals surface area contributed by atoms with Gasteiger partial charge < -0.3 is 10.6 Å². The van der Waals surface area contributed by atoms with Gasteiger partial charge in [0.05, 0.1) is 0 Å². The summed E-state index contributed by atoms with van der Waals surface area (Å²) in [5.41, 5.74) is -1.71. The number of pyridine rings is 1. The van der Waals surface area contributed by atoms with Gasteiger partial charge >= 0.3 is 0 Å². The molecule has 134 valence electrons. The third kappa shape index (κ3) is 3.70. The van der Waals surface area contributed by atoms with Gasteiger partial charge in [-0.15, -0.1) is 0 Å². The van der Waals surface area contributed by atoms with Gasteiger partial charge in [0, 0.05) is 24.7 Å². The average Bonchev–Trinajstić information content (AvgIpc) is 2.63. The van der Waals surface area contributed by atoms with E-state index in [0.29, 0.717) is 0 Å². The van der Waals surface area contributed by atoms with Crippen LogP contribution in [-0.4, -0.2) is 42.7 Å². The molecule has 25 heavy (non-hydrogen) atoms. The molecule has 1 aromatic rings. The van der Waals surface area contributed by atoms with E-state index in [4.69, 9.17) is 0 Å². The molecule has 0 saturated carbocycles. The van der Waals surface area contributed by atoms with Crippen molar-refractivity contribution in [3.05, 3.63) is 52.4 Å². The van der Waals surface area contributed by atoms with E-state index in [-0.39, 0.29) is 11.4 Å². The SMILES string of the molecule is CNC(=O)c1cccc(C(=O)NCC2=C(F)C(F)=C(C)C(F)C2F)n1. The van der Waals surface area contributed by atoms with E-state index in [1.54, 1.807) is 0 Å². The van der Waals surface area contributed by atoms with E-state index in [0.717, 1.165) is 6.92 Å². The van der Waals surface area contributed by atoms with Crippen LogP contribution in [0.25, 0.3) is 0 Å². The number of allylic oxidation sites excluding steroid dienone is 3. The van der Waals surface area contributed by atoms with E-state index >= 15 is 0 Å². The Kier molecular flexibility index (Phi) is 5.55. The maximum absolute atomic E-state index is 13.9. The number of hydrogen-bond donors (Lipinski definition) is 2. The van der Waals surface area contributed by atoms with Crippen molar-refractivity contribution in [2.45, 2.75) is 19.3 Å². The van der Waals surface area contributed by atoms with Gasteiger partial charge in [0.25, 0.3) is 11.8 Å². The quantitative estimate of drug-likeness (QED) is 0.813. The fourth-order valence-electron chi connectivity index (χ4n) is 2.21. The zero-order chi connectivity index (χ0) is 18.7. The summed E-state index contributed by atoms with van der Waals surface area (Å²) in [6.07, 6.45) is -4.72. The second-order valence-corrected chi connectivity index (χ2v) is 5.31. The Balaban J connectivity index is 2.16. The molecule has 5 nitrogen and oxygen atoms in total. The molecule has 9 heteroatoms. The lowest BCUT2D eigenvalue weighted by molar-refractivity contribution is 0.0947. The Morgan fingerprint density at radius 2 is 1.68 bits per heavy atom. The highest BCUT2D eigenvalue weighted by Gasteiger charge is 2.37. The Labute approximate surface area is 140 Å². The first-order chi connectivity index (χ1) is 11.8. The molecule has 2 amide bonds. The van der Waals surface area contributed by atoms with Crippen molar-refractivity contribution in [1.82, 2.24) is 15.6 Å². The molecule has 0 fully saturated rings. The third-order valence-electron chi connectivity index (χ3n) is 3.71. The molecule has 1 aliphatic rings. The average molecular weight is 357 g/mol. The standard InChI is InChI=1S/C16H15F4N3O2/c1-7-11(17)13(19)8(14(20)12(7)18)6-22-16(25)10-5-3-4-9(23-10)15(24)21-2/h3-5,11,13H,6H2,1-2H3,(H,21,24)(H,22,25). The van der Waals surface area contributed by atoms with E-state index < -0.39 is 53.5 Å². The van der Waals surface area contributed by atoms with E-state index in [1.165, 1.54) is 25.2 Å². The van der Waals surface area contributed by atoms with Crippen LogP contribution in [0.15, 0.2) is 41.0 Å². The molecule has 0 radical (unpaired) electrons. The van der Waals surface area contributed by atoms with Gasteiger partial charge in [-0.3, -0.25) is 9.59 Å². The van der Waals surface area contributed by atoms with Crippen molar-refractivity contribution in [2.75, 3.05) is 13.6 Å². The molecule has 0 aliphatic heterocycles. The molecular formula is C16H15F4N3O2. The van der Waals surface area contributed by atoms with Crippen LogP contribution in [0.5, 0.6) is 0 Å². The molecule has 2 N–H and O–H groups in total. The molecule has 0 saturated heterocycles. The normalized spacial score (nSPS) is 20.6. The van der Waals surface area contributed by atoms with Gasteiger partial charge in [0.1, 0.15) is 11.4 Å². The summed E-state index contributed by atoms with van der Waals surface area (Å²) >= 11 is 0. The zero-order valence-electron chi connectivity index (χ0n) is 13.4. The molecule has 2 rings (SSSR count). The van der Waals surface area contributed by atoms with E-state index in [9.17, 15) is 27.2 Å². The van der Waals surface area contributed by atoms with Gasteiger partial charge in [0.2, 0.25) is 0 Å². The Hall–Kier alpha value is -2.71. The minimum absolute atomic E-state index is 0.0324. The molecule has 1 heterocycles. The monoisotopic (exact) mass is 357 g/mol. The fraction of sp³-hybridized carbons (Fsp3) is 0.312. The smallest absolute Gasteiger partial charge is 0.270 e. The molecular weight excluding hydrogens is 342 g/mol. The first-order valence-corrected chi connectivity index (χ1v) is 7.28. The van der Waals surface area contributed by atoms with Gasteiger partial charge in [-0.2, -0.15) is 0 Å². The van der Waals surface area contributed by atoms with Gasteiger partial charge in [-0.25, -0.2) is 22.5 Å². The minimum Gasteiger partial charge on any atom is -0.354 e. The van der Waals surface area contributed by atoms with Crippen molar-refractivity contribution >= 4 is 11.8 Å². The van der Waals surface area contributed by atoms with Gasteiger partial charge in [0.15, 0.2) is 24.0 Å². The third-order valence-corrected chi connectivity index (χ3v) is 3.71. The Bertz CT molecular complexity index is 776. The summed E-state index contributed by atoms with van der Waals surface area (Å²) in [6.45, 7) is 0.217. The summed E-state index contributed by atoms with van der Waals surface area (Å²) in [7, 11) is 1.38. The van der Waals surface area contributed by atoms with Crippen molar-refractivity contribution < 1.29 is 27.2 Å². The molecule has 0 spiro atoms. The van der Waals surface area contributed by atoms with Gasteiger partial charge in [-0.1, -0.05) is 6.07 Å². The number of nitrogens with zero attached hydrogens (tertiary/aromatic N) is 1. The Morgan fingerprint density at radius 3 is 2.28 bits per heavy atom. The first-order valence-electron chi connectivity index (χ1n) is 7.28. The summed E-state index contributed by atoms with van der Waals surface area (Å²) < 4.78 is 54.9. The predicted molar refractivity (Wildman–Crippen MR) is 81.7 cm³/mol. The van der Waals surface area contributed by atoms with Crippen LogP contribution in [0, 0.1) is 0 Å². The lowest BCUT2D eigenvalue weighted by atomic mass is 9.94. The van der Waals surface area contributed by atoms with Crippen LogP contribution in [0.1, 0.15) is 27.9 Å². The van der Waals surface area contributed by atoms with Gasteiger partial charge in [-0.05, 0) is 19.1 Å². The molecule has 0 bridgehead atoms. The number of rotatable bonds is 4. The molecule has 1 aliphatic carbocycles. The molecule has 2 unspecified atom stereocenters. The largest absolute Gasteiger partial charge is 0.354 e. The second kappa shape index (κ2) is 7.45. The fourth-order valence-corrected chi connectivity index (χ4v) is 2.21. The van der Waals surface area contributed by atoms with Crippen molar-refractivity contribution in [3.63, 3.8) is 0 Å². The predicted octanol–water partition coefficient (Wildman–Crippen LogP) is 2.33. The van der Waals surface area contributed by atoms with Crippen LogP contribution in [0.4, 0.5) is 17.6 Å². The highest BCUT2D eigenvalue weighted by atomic mass is 19.2. The maximum Gasteiger partial charge on any atom is 0.270 e. The maximum atomic E-state index is 13.9. The van der Waals surface area contributed by atoms with Crippen LogP contribution >= 0.6 is 0 Å². The highest BCUT2D eigenvalue weighted by molar-refractivity contribution is 5.96. The number of hydrogen-bond acceptors (Lipinski definition) is 3. The Morgan fingerprint density at radius 1 is 1.08 bits per heavy atom. The number of amides is 2. The van der Waals surface area contributed by atoms with Crippen LogP contribution in [0.3, 0.4) is 0 Å². The van der Waals surface area contributed by atoms with E-state index in [1.807, 2.05) is 0 Å². The minimum atomic E-state index is -2.40. The number of halogens is 4. The molecule has 0 aromatic carbocycles. The summed E-state index contributed by atoms with van der Waals surface area (Å²) in [5.74, 6) is -4.36. The first kappa shape index (κ1) is 18.6. The molecule has 1 aromatic heterocycles. The number of aromatic nitrogens is 1. The summed E-state index contributed by atoms with van der Waals surface area (Å²) in [6, 6.07) is 4.05.